The molecule has 0 aliphatic rings. The standard InChI is InChI=1S/C18H16ClN3OS2/c1-12(16(23)14-7-9-15(19)10-8-14)24-18-22-21-17(25-18)20-11-13-5-3-2-4-6-13/h2-10,12H,11H2,1H3,(H,20,21)/t12-/m1/s1. The molecule has 0 radical (unpaired) electrons. The number of aromatic nitrogens is 2. The molecule has 7 heteroatoms. The lowest BCUT2D eigenvalue weighted by atomic mass is 10.1. The van der Waals surface area contributed by atoms with Gasteiger partial charge in [-0.15, -0.1) is 10.2 Å². The van der Waals surface area contributed by atoms with Crippen molar-refractivity contribution in [2.75, 3.05) is 5.32 Å². The lowest BCUT2D eigenvalue weighted by Gasteiger charge is -2.07. The summed E-state index contributed by atoms with van der Waals surface area (Å²) in [4.78, 5) is 12.5. The van der Waals surface area contributed by atoms with Crippen LogP contribution in [0.1, 0.15) is 22.8 Å². The molecule has 3 aromatic rings. The minimum absolute atomic E-state index is 0.0515. The van der Waals surface area contributed by atoms with E-state index in [0.717, 1.165) is 9.47 Å². The zero-order valence-electron chi connectivity index (χ0n) is 13.5. The van der Waals surface area contributed by atoms with Crippen molar-refractivity contribution < 1.29 is 4.79 Å². The van der Waals surface area contributed by atoms with Crippen LogP contribution in [0.3, 0.4) is 0 Å². The first kappa shape index (κ1) is 17.9. The zero-order chi connectivity index (χ0) is 17.6. The highest BCUT2D eigenvalue weighted by Gasteiger charge is 2.18. The third-order valence-corrected chi connectivity index (χ3v) is 5.79. The van der Waals surface area contributed by atoms with E-state index in [-0.39, 0.29) is 11.0 Å². The maximum atomic E-state index is 12.5. The number of Topliss-reactive ketones (excluding diaryl/α,β-unsaturated/α-hetero) is 1. The Morgan fingerprint density at radius 3 is 2.60 bits per heavy atom. The van der Waals surface area contributed by atoms with Gasteiger partial charge in [0.15, 0.2) is 10.1 Å². The third kappa shape index (κ3) is 5.04. The van der Waals surface area contributed by atoms with Crippen LogP contribution in [0, 0.1) is 0 Å². The second-order valence-electron chi connectivity index (χ2n) is 5.34. The Morgan fingerprint density at radius 1 is 1.16 bits per heavy atom. The van der Waals surface area contributed by atoms with Crippen molar-refractivity contribution in [3.8, 4) is 0 Å². The van der Waals surface area contributed by atoms with Gasteiger partial charge in [-0.1, -0.05) is 65.0 Å². The fourth-order valence-corrected chi connectivity index (χ4v) is 4.25. The molecule has 0 bridgehead atoms. The van der Waals surface area contributed by atoms with Gasteiger partial charge in [-0.2, -0.15) is 0 Å². The molecule has 1 atom stereocenters. The van der Waals surface area contributed by atoms with Crippen LogP contribution in [0.4, 0.5) is 5.13 Å². The Balaban J connectivity index is 1.57. The lowest BCUT2D eigenvalue weighted by molar-refractivity contribution is 0.0994. The number of carbonyl (C=O) groups excluding carboxylic acids is 1. The predicted octanol–water partition coefficient (Wildman–Crippen LogP) is 5.17. The first-order valence-electron chi connectivity index (χ1n) is 7.69. The number of thioether (sulfide) groups is 1. The van der Waals surface area contributed by atoms with Crippen molar-refractivity contribution in [3.63, 3.8) is 0 Å². The van der Waals surface area contributed by atoms with E-state index in [9.17, 15) is 4.79 Å². The van der Waals surface area contributed by atoms with Gasteiger partial charge in [0.2, 0.25) is 5.13 Å². The summed E-state index contributed by atoms with van der Waals surface area (Å²) in [5, 5.41) is 12.7. The molecule has 0 unspecified atom stereocenters. The summed E-state index contributed by atoms with van der Waals surface area (Å²) < 4.78 is 0.769. The second-order valence-corrected chi connectivity index (χ2v) is 8.35. The van der Waals surface area contributed by atoms with Crippen LogP contribution >= 0.6 is 34.7 Å². The summed E-state index contributed by atoms with van der Waals surface area (Å²) in [5.74, 6) is 0.0515. The minimum Gasteiger partial charge on any atom is -0.356 e. The molecule has 0 saturated heterocycles. The monoisotopic (exact) mass is 389 g/mol. The van der Waals surface area contributed by atoms with E-state index in [1.807, 2.05) is 25.1 Å². The number of rotatable bonds is 7. The molecule has 4 nitrogen and oxygen atoms in total. The number of hydrogen-bond acceptors (Lipinski definition) is 6. The van der Waals surface area contributed by atoms with E-state index < -0.39 is 0 Å². The first-order valence-corrected chi connectivity index (χ1v) is 9.77. The fraction of sp³-hybridized carbons (Fsp3) is 0.167. The smallest absolute Gasteiger partial charge is 0.206 e. The van der Waals surface area contributed by atoms with Crippen molar-refractivity contribution in [2.45, 2.75) is 23.1 Å². The Bertz CT molecular complexity index is 837. The highest BCUT2D eigenvalue weighted by atomic mass is 35.5. The fourth-order valence-electron chi connectivity index (χ4n) is 2.16. The van der Waals surface area contributed by atoms with Gasteiger partial charge in [-0.05, 0) is 36.8 Å². The van der Waals surface area contributed by atoms with Crippen LogP contribution in [0.15, 0.2) is 58.9 Å². The van der Waals surface area contributed by atoms with Crippen LogP contribution in [0.5, 0.6) is 0 Å². The van der Waals surface area contributed by atoms with Crippen LogP contribution in [0.2, 0.25) is 5.02 Å². The van der Waals surface area contributed by atoms with Crippen molar-refractivity contribution >= 4 is 45.6 Å². The topological polar surface area (TPSA) is 54.9 Å². The number of ketones is 1. The van der Waals surface area contributed by atoms with E-state index in [2.05, 4.69) is 27.6 Å². The zero-order valence-corrected chi connectivity index (χ0v) is 15.9. The normalized spacial score (nSPS) is 11.9. The maximum absolute atomic E-state index is 12.5. The van der Waals surface area contributed by atoms with Gasteiger partial charge in [-0.3, -0.25) is 4.79 Å². The molecule has 128 valence electrons. The highest BCUT2D eigenvalue weighted by molar-refractivity contribution is 8.02. The van der Waals surface area contributed by atoms with Crippen LogP contribution < -0.4 is 5.32 Å². The van der Waals surface area contributed by atoms with Gasteiger partial charge in [0.05, 0.1) is 5.25 Å². The molecular formula is C18H16ClN3OS2. The third-order valence-electron chi connectivity index (χ3n) is 3.47. The van der Waals surface area contributed by atoms with Gasteiger partial charge in [0.25, 0.3) is 0 Å². The Hall–Kier alpha value is -1.89. The van der Waals surface area contributed by atoms with Crippen LogP contribution in [-0.2, 0) is 6.54 Å². The van der Waals surface area contributed by atoms with E-state index >= 15 is 0 Å². The number of hydrogen-bond donors (Lipinski definition) is 1. The molecule has 1 N–H and O–H groups in total. The molecule has 1 heterocycles. The molecule has 0 saturated carbocycles. The molecule has 0 aliphatic heterocycles. The van der Waals surface area contributed by atoms with E-state index in [1.54, 1.807) is 24.3 Å². The van der Waals surface area contributed by atoms with Crippen molar-refractivity contribution in [2.24, 2.45) is 0 Å². The van der Waals surface area contributed by atoms with Gasteiger partial charge < -0.3 is 5.32 Å². The Kier molecular flexibility index (Phi) is 6.07. The molecule has 0 amide bonds. The molecule has 0 aliphatic carbocycles. The van der Waals surface area contributed by atoms with Crippen molar-refractivity contribution in [1.82, 2.24) is 10.2 Å². The van der Waals surface area contributed by atoms with Gasteiger partial charge in [-0.25, -0.2) is 0 Å². The average molecular weight is 390 g/mol. The number of nitrogens with zero attached hydrogens (tertiary/aromatic N) is 2. The summed E-state index contributed by atoms with van der Waals surface area (Å²) in [6.45, 7) is 2.57. The number of nitrogens with one attached hydrogen (secondary N) is 1. The molecule has 3 rings (SSSR count). The summed E-state index contributed by atoms with van der Waals surface area (Å²) in [6, 6.07) is 17.0. The van der Waals surface area contributed by atoms with E-state index in [1.165, 1.54) is 28.7 Å². The van der Waals surface area contributed by atoms with Crippen LogP contribution in [0.25, 0.3) is 0 Å². The highest BCUT2D eigenvalue weighted by Crippen LogP contribution is 2.30. The molecule has 1 aromatic heterocycles. The van der Waals surface area contributed by atoms with E-state index in [0.29, 0.717) is 17.1 Å². The summed E-state index contributed by atoms with van der Waals surface area (Å²) in [6.07, 6.45) is 0. The van der Waals surface area contributed by atoms with Gasteiger partial charge in [0, 0.05) is 17.1 Å². The predicted molar refractivity (Wildman–Crippen MR) is 105 cm³/mol. The molecular weight excluding hydrogens is 374 g/mol. The first-order chi connectivity index (χ1) is 12.1. The minimum atomic E-state index is -0.240. The lowest BCUT2D eigenvalue weighted by Crippen LogP contribution is -2.13. The van der Waals surface area contributed by atoms with Gasteiger partial charge >= 0.3 is 0 Å². The average Bonchev–Trinajstić information content (AvgIpc) is 3.08. The maximum Gasteiger partial charge on any atom is 0.206 e. The number of benzene rings is 2. The Morgan fingerprint density at radius 2 is 1.88 bits per heavy atom. The van der Waals surface area contributed by atoms with Gasteiger partial charge in [0.1, 0.15) is 0 Å². The molecule has 2 aromatic carbocycles. The summed E-state index contributed by atoms with van der Waals surface area (Å²) in [5.41, 5.74) is 1.83. The number of carbonyl (C=O) groups is 1. The number of anilines is 1. The van der Waals surface area contributed by atoms with Crippen molar-refractivity contribution in [1.29, 1.82) is 0 Å². The van der Waals surface area contributed by atoms with Crippen LogP contribution in [-0.4, -0.2) is 21.2 Å². The molecule has 25 heavy (non-hydrogen) atoms. The molecule has 0 fully saturated rings. The van der Waals surface area contributed by atoms with Crippen molar-refractivity contribution in [3.05, 3.63) is 70.7 Å². The summed E-state index contributed by atoms with van der Waals surface area (Å²) >= 11 is 8.73. The molecule has 0 spiro atoms. The SMILES string of the molecule is C[C@@H](Sc1nnc(NCc2ccccc2)s1)C(=O)c1ccc(Cl)cc1. The second kappa shape index (κ2) is 8.47. The largest absolute Gasteiger partial charge is 0.356 e. The van der Waals surface area contributed by atoms with E-state index in [4.69, 9.17) is 11.6 Å². The number of halogens is 1. The Labute approximate surface area is 159 Å². The summed E-state index contributed by atoms with van der Waals surface area (Å²) in [7, 11) is 0. The quantitative estimate of drug-likeness (QED) is 0.446.